The lowest BCUT2D eigenvalue weighted by molar-refractivity contribution is -0.147. The second-order valence-corrected chi connectivity index (χ2v) is 7.81. The SMILES string of the molecule is Cc1cccn2c(=O)cc(COC(=O)C(Cc3ccccc3)c3ccc(Cl)cc3)nc12. The molecule has 0 saturated heterocycles. The first-order chi connectivity index (χ1) is 15.0. The molecule has 0 fully saturated rings. The van der Waals surface area contributed by atoms with Crippen molar-refractivity contribution in [3.05, 3.63) is 117 Å². The monoisotopic (exact) mass is 432 g/mol. The van der Waals surface area contributed by atoms with Crippen LogP contribution in [-0.2, 0) is 22.6 Å². The summed E-state index contributed by atoms with van der Waals surface area (Å²) in [7, 11) is 0. The Morgan fingerprint density at radius 1 is 1.06 bits per heavy atom. The third kappa shape index (κ3) is 4.84. The molecule has 4 rings (SSSR count). The predicted molar refractivity (Wildman–Crippen MR) is 120 cm³/mol. The first-order valence-corrected chi connectivity index (χ1v) is 10.3. The lowest BCUT2D eigenvalue weighted by atomic mass is 9.92. The minimum Gasteiger partial charge on any atom is -0.459 e. The zero-order valence-electron chi connectivity index (χ0n) is 17.0. The molecule has 1 atom stereocenters. The fraction of sp³-hybridized carbons (Fsp3) is 0.160. The van der Waals surface area contributed by atoms with Crippen molar-refractivity contribution < 1.29 is 9.53 Å². The molecule has 0 bridgehead atoms. The minimum absolute atomic E-state index is 0.0716. The highest BCUT2D eigenvalue weighted by molar-refractivity contribution is 6.30. The Morgan fingerprint density at radius 3 is 2.55 bits per heavy atom. The average Bonchev–Trinajstić information content (AvgIpc) is 2.78. The number of hydrogen-bond donors (Lipinski definition) is 0. The van der Waals surface area contributed by atoms with Gasteiger partial charge in [-0.15, -0.1) is 0 Å². The van der Waals surface area contributed by atoms with Gasteiger partial charge in [0.1, 0.15) is 12.3 Å². The number of ether oxygens (including phenoxy) is 1. The number of halogens is 1. The number of benzene rings is 2. The lowest BCUT2D eigenvalue weighted by Gasteiger charge is -2.17. The van der Waals surface area contributed by atoms with Crippen LogP contribution >= 0.6 is 11.6 Å². The van der Waals surface area contributed by atoms with E-state index >= 15 is 0 Å². The van der Waals surface area contributed by atoms with Crippen molar-refractivity contribution in [3.8, 4) is 0 Å². The molecule has 2 aromatic heterocycles. The summed E-state index contributed by atoms with van der Waals surface area (Å²) >= 11 is 6.02. The van der Waals surface area contributed by atoms with Gasteiger partial charge in [0.25, 0.3) is 5.56 Å². The van der Waals surface area contributed by atoms with Crippen LogP contribution in [0.2, 0.25) is 5.02 Å². The molecule has 0 N–H and O–H groups in total. The van der Waals surface area contributed by atoms with Crippen LogP contribution < -0.4 is 5.56 Å². The summed E-state index contributed by atoms with van der Waals surface area (Å²) in [6, 6.07) is 22.0. The van der Waals surface area contributed by atoms with Crippen LogP contribution in [0.25, 0.3) is 5.65 Å². The van der Waals surface area contributed by atoms with Crippen molar-refractivity contribution in [3.63, 3.8) is 0 Å². The van der Waals surface area contributed by atoms with Gasteiger partial charge in [0, 0.05) is 17.3 Å². The summed E-state index contributed by atoms with van der Waals surface area (Å²) in [5.41, 5.74) is 3.48. The Balaban J connectivity index is 1.57. The number of rotatable bonds is 6. The molecule has 0 saturated carbocycles. The number of hydrogen-bond acceptors (Lipinski definition) is 4. The number of fused-ring (bicyclic) bond motifs is 1. The van der Waals surface area contributed by atoms with Crippen molar-refractivity contribution >= 4 is 23.2 Å². The molecule has 31 heavy (non-hydrogen) atoms. The first kappa shape index (κ1) is 20.8. The van der Waals surface area contributed by atoms with Gasteiger partial charge in [-0.25, -0.2) is 4.98 Å². The molecule has 2 aromatic carbocycles. The van der Waals surface area contributed by atoms with E-state index < -0.39 is 5.92 Å². The average molecular weight is 433 g/mol. The molecule has 1 unspecified atom stereocenters. The van der Waals surface area contributed by atoms with Crippen molar-refractivity contribution in [1.82, 2.24) is 9.38 Å². The van der Waals surface area contributed by atoms with Crippen LogP contribution in [-0.4, -0.2) is 15.4 Å². The van der Waals surface area contributed by atoms with Crippen LogP contribution in [0, 0.1) is 6.92 Å². The molecule has 4 aromatic rings. The van der Waals surface area contributed by atoms with Gasteiger partial charge < -0.3 is 4.74 Å². The van der Waals surface area contributed by atoms with Crippen LogP contribution in [0.1, 0.15) is 28.3 Å². The number of nitrogens with zero attached hydrogens (tertiary/aromatic N) is 2. The second-order valence-electron chi connectivity index (χ2n) is 7.37. The third-order valence-electron chi connectivity index (χ3n) is 5.14. The van der Waals surface area contributed by atoms with Gasteiger partial charge >= 0.3 is 5.97 Å². The fourth-order valence-corrected chi connectivity index (χ4v) is 3.64. The van der Waals surface area contributed by atoms with Crippen molar-refractivity contribution in [2.75, 3.05) is 0 Å². The second kappa shape index (κ2) is 9.14. The van der Waals surface area contributed by atoms with Crippen molar-refractivity contribution in [2.24, 2.45) is 0 Å². The highest BCUT2D eigenvalue weighted by atomic mass is 35.5. The molecule has 6 heteroatoms. The third-order valence-corrected chi connectivity index (χ3v) is 5.39. The van der Waals surface area contributed by atoms with Gasteiger partial charge in [-0.3, -0.25) is 14.0 Å². The largest absolute Gasteiger partial charge is 0.459 e. The maximum atomic E-state index is 13.1. The molecule has 0 aliphatic carbocycles. The summed E-state index contributed by atoms with van der Waals surface area (Å²) < 4.78 is 7.09. The van der Waals surface area contributed by atoms with Gasteiger partial charge in [0.15, 0.2) is 0 Å². The Labute approximate surface area is 184 Å². The first-order valence-electron chi connectivity index (χ1n) is 9.95. The quantitative estimate of drug-likeness (QED) is 0.413. The van der Waals surface area contributed by atoms with Gasteiger partial charge in [0.2, 0.25) is 0 Å². The number of aromatic nitrogens is 2. The fourth-order valence-electron chi connectivity index (χ4n) is 3.51. The van der Waals surface area contributed by atoms with E-state index in [-0.39, 0.29) is 18.1 Å². The molecular formula is C25H21ClN2O3. The number of carbonyl (C=O) groups excluding carboxylic acids is 1. The van der Waals surface area contributed by atoms with E-state index in [1.807, 2.05) is 55.5 Å². The number of esters is 1. The van der Waals surface area contributed by atoms with E-state index in [1.54, 1.807) is 24.4 Å². The van der Waals surface area contributed by atoms with E-state index in [2.05, 4.69) is 4.98 Å². The number of pyridine rings is 1. The maximum absolute atomic E-state index is 13.1. The number of carbonyl (C=O) groups is 1. The normalized spacial score (nSPS) is 11.9. The van der Waals surface area contributed by atoms with Gasteiger partial charge in [0.05, 0.1) is 11.6 Å². The molecule has 0 spiro atoms. The molecular weight excluding hydrogens is 412 g/mol. The molecule has 0 amide bonds. The van der Waals surface area contributed by atoms with Crippen molar-refractivity contribution in [2.45, 2.75) is 25.9 Å². The summed E-state index contributed by atoms with van der Waals surface area (Å²) in [5, 5.41) is 0.604. The topological polar surface area (TPSA) is 60.7 Å². The standard InChI is InChI=1S/C25H21ClN2O3/c1-17-6-5-13-28-23(29)15-21(27-24(17)28)16-31-25(30)22(14-18-7-3-2-4-8-18)19-9-11-20(26)12-10-19/h2-13,15,22H,14,16H2,1H3. The summed E-state index contributed by atoms with van der Waals surface area (Å²) in [4.78, 5) is 30.0. The van der Waals surface area contributed by atoms with E-state index in [9.17, 15) is 9.59 Å². The maximum Gasteiger partial charge on any atom is 0.314 e. The highest BCUT2D eigenvalue weighted by Gasteiger charge is 2.23. The zero-order valence-corrected chi connectivity index (χ0v) is 17.8. The van der Waals surface area contributed by atoms with Gasteiger partial charge in [-0.05, 0) is 48.2 Å². The Hall–Kier alpha value is -3.44. The van der Waals surface area contributed by atoms with E-state index in [0.29, 0.717) is 22.8 Å². The minimum atomic E-state index is -0.497. The highest BCUT2D eigenvalue weighted by Crippen LogP contribution is 2.24. The molecule has 2 heterocycles. The van der Waals surface area contributed by atoms with Crippen molar-refractivity contribution in [1.29, 1.82) is 0 Å². The van der Waals surface area contributed by atoms with Crippen LogP contribution in [0.5, 0.6) is 0 Å². The Kier molecular flexibility index (Phi) is 6.14. The smallest absolute Gasteiger partial charge is 0.314 e. The van der Waals surface area contributed by atoms with Gasteiger partial charge in [-0.1, -0.05) is 60.1 Å². The molecule has 0 aliphatic rings. The van der Waals surface area contributed by atoms with E-state index in [0.717, 1.165) is 16.7 Å². The van der Waals surface area contributed by atoms with Crippen LogP contribution in [0.4, 0.5) is 0 Å². The Morgan fingerprint density at radius 2 is 1.81 bits per heavy atom. The molecule has 5 nitrogen and oxygen atoms in total. The van der Waals surface area contributed by atoms with Crippen LogP contribution in [0.15, 0.2) is 83.8 Å². The molecule has 0 aliphatic heterocycles. The number of aryl methyl sites for hydroxylation is 1. The summed E-state index contributed by atoms with van der Waals surface area (Å²) in [5.74, 6) is -0.874. The Bertz CT molecular complexity index is 1270. The van der Waals surface area contributed by atoms with Crippen LogP contribution in [0.3, 0.4) is 0 Å². The van der Waals surface area contributed by atoms with E-state index in [1.165, 1.54) is 10.5 Å². The zero-order chi connectivity index (χ0) is 21.8. The summed E-state index contributed by atoms with van der Waals surface area (Å²) in [6.45, 7) is 1.81. The summed E-state index contributed by atoms with van der Waals surface area (Å²) in [6.07, 6.45) is 2.16. The lowest BCUT2D eigenvalue weighted by Crippen LogP contribution is -2.20. The van der Waals surface area contributed by atoms with Gasteiger partial charge in [-0.2, -0.15) is 0 Å². The molecule has 0 radical (unpaired) electrons. The van der Waals surface area contributed by atoms with E-state index in [4.69, 9.17) is 16.3 Å². The molecule has 156 valence electrons. The predicted octanol–water partition coefficient (Wildman–Crippen LogP) is 4.73.